The minimum absolute atomic E-state index is 0.0187. The second kappa shape index (κ2) is 10.4. The molecule has 1 aliphatic heterocycles. The van der Waals surface area contributed by atoms with Crippen molar-refractivity contribution in [3.05, 3.63) is 63.2 Å². The summed E-state index contributed by atoms with van der Waals surface area (Å²) in [6.07, 6.45) is 7.33. The number of nitrogens with one attached hydrogen (secondary N) is 1. The molecule has 34 heavy (non-hydrogen) atoms. The second-order valence-electron chi connectivity index (χ2n) is 8.52. The molecule has 2 aliphatic rings. The molecule has 0 fully saturated rings. The van der Waals surface area contributed by atoms with Gasteiger partial charge in [0.05, 0.1) is 19.4 Å². The molecule has 0 saturated carbocycles. The number of hydrogen-bond acceptors (Lipinski definition) is 6. The molecule has 1 unspecified atom stereocenters. The summed E-state index contributed by atoms with van der Waals surface area (Å²) >= 11 is 1.76. The van der Waals surface area contributed by atoms with E-state index in [0.29, 0.717) is 12.4 Å². The van der Waals surface area contributed by atoms with Gasteiger partial charge in [-0.05, 0) is 86.8 Å². The molecule has 0 aromatic carbocycles. The van der Waals surface area contributed by atoms with Gasteiger partial charge in [0.25, 0.3) is 5.91 Å². The Morgan fingerprint density at radius 3 is 2.85 bits per heavy atom. The normalized spacial score (nSPS) is 20.1. The summed E-state index contributed by atoms with van der Waals surface area (Å²) in [4.78, 5) is 26.9. The zero-order chi connectivity index (χ0) is 24.2. The van der Waals surface area contributed by atoms with Crippen LogP contribution in [-0.2, 0) is 20.9 Å². The van der Waals surface area contributed by atoms with E-state index in [9.17, 15) is 14.9 Å². The van der Waals surface area contributed by atoms with E-state index in [0.717, 1.165) is 42.6 Å². The molecule has 2 aromatic heterocycles. The Bertz CT molecular complexity index is 1180. The first-order chi connectivity index (χ1) is 16.4. The van der Waals surface area contributed by atoms with Crippen molar-refractivity contribution in [1.29, 1.82) is 5.26 Å². The van der Waals surface area contributed by atoms with Crippen molar-refractivity contribution in [2.45, 2.75) is 58.4 Å². The third-order valence-corrected chi connectivity index (χ3v) is 7.84. The smallest absolute Gasteiger partial charge is 0.316 e. The maximum Gasteiger partial charge on any atom is 0.316 e. The predicted molar refractivity (Wildman–Crippen MR) is 130 cm³/mol. The largest absolute Gasteiger partial charge is 0.467 e. The Hall–Kier alpha value is -3.18. The van der Waals surface area contributed by atoms with Gasteiger partial charge in [0.1, 0.15) is 28.7 Å². The fraction of sp³-hybridized carbons (Fsp3) is 0.423. The number of nitrogens with zero attached hydrogens (tertiary/aromatic N) is 2. The second-order valence-corrected chi connectivity index (χ2v) is 9.73. The number of aromatic nitrogens is 1. The van der Waals surface area contributed by atoms with Gasteiger partial charge >= 0.3 is 5.97 Å². The van der Waals surface area contributed by atoms with Crippen molar-refractivity contribution in [2.75, 3.05) is 6.61 Å². The zero-order valence-corrected chi connectivity index (χ0v) is 20.5. The van der Waals surface area contributed by atoms with Crippen LogP contribution < -0.4 is 5.32 Å². The molecule has 1 aliphatic carbocycles. The quantitative estimate of drug-likeness (QED) is 0.334. The van der Waals surface area contributed by atoms with Gasteiger partial charge < -0.3 is 19.0 Å². The van der Waals surface area contributed by atoms with Gasteiger partial charge in [-0.25, -0.2) is 0 Å². The van der Waals surface area contributed by atoms with Crippen molar-refractivity contribution in [2.24, 2.45) is 5.92 Å². The first-order valence-corrected chi connectivity index (χ1v) is 12.5. The molecule has 2 atom stereocenters. The minimum atomic E-state index is -0.458. The Balaban J connectivity index is 1.61. The number of rotatable bonds is 7. The van der Waals surface area contributed by atoms with Crippen LogP contribution in [0.25, 0.3) is 6.08 Å². The van der Waals surface area contributed by atoms with Gasteiger partial charge in [-0.2, -0.15) is 5.26 Å². The molecule has 0 radical (unpaired) electrons. The number of carbonyl (C=O) groups is 2. The Morgan fingerprint density at radius 2 is 2.15 bits per heavy atom. The van der Waals surface area contributed by atoms with Crippen LogP contribution in [0.1, 0.15) is 60.7 Å². The van der Waals surface area contributed by atoms with E-state index in [1.165, 1.54) is 16.7 Å². The number of ether oxygens (including phenoxy) is 1. The predicted octanol–water partition coefficient (Wildman–Crippen LogP) is 5.17. The highest BCUT2D eigenvalue weighted by Gasteiger charge is 2.43. The third kappa shape index (κ3) is 4.71. The van der Waals surface area contributed by atoms with E-state index >= 15 is 0 Å². The number of nitriles is 1. The molecule has 2 aromatic rings. The van der Waals surface area contributed by atoms with Crippen LogP contribution in [0.3, 0.4) is 0 Å². The maximum absolute atomic E-state index is 13.0. The molecule has 178 valence electrons. The highest BCUT2D eigenvalue weighted by Crippen LogP contribution is 2.55. The summed E-state index contributed by atoms with van der Waals surface area (Å²) in [6, 6.07) is 7.48. The van der Waals surface area contributed by atoms with E-state index in [1.54, 1.807) is 30.0 Å². The summed E-state index contributed by atoms with van der Waals surface area (Å²) in [6.45, 7) is 6.36. The molecule has 1 N–H and O–H groups in total. The maximum atomic E-state index is 13.0. The third-order valence-electron chi connectivity index (χ3n) is 6.37. The SMILES string of the molecule is CCOC(=O)[C@H]1C2=C(CCCC2)SC1n1c(C)cc(/C=C(\C#N)C(=O)NCc2ccco2)c1C. The van der Waals surface area contributed by atoms with Crippen molar-refractivity contribution < 1.29 is 18.7 Å². The summed E-state index contributed by atoms with van der Waals surface area (Å²) < 4.78 is 12.9. The van der Waals surface area contributed by atoms with Gasteiger partial charge in [0.15, 0.2) is 0 Å². The van der Waals surface area contributed by atoms with Crippen molar-refractivity contribution in [1.82, 2.24) is 9.88 Å². The van der Waals surface area contributed by atoms with Crippen LogP contribution >= 0.6 is 11.8 Å². The van der Waals surface area contributed by atoms with Gasteiger partial charge in [0.2, 0.25) is 0 Å². The summed E-state index contributed by atoms with van der Waals surface area (Å²) in [7, 11) is 0. The van der Waals surface area contributed by atoms with E-state index in [-0.39, 0.29) is 29.4 Å². The van der Waals surface area contributed by atoms with Crippen molar-refractivity contribution >= 4 is 29.7 Å². The Kier molecular flexibility index (Phi) is 7.32. The average molecular weight is 480 g/mol. The Labute approximate surface area is 203 Å². The zero-order valence-electron chi connectivity index (χ0n) is 19.7. The molecule has 0 bridgehead atoms. The fourth-order valence-electron chi connectivity index (χ4n) is 4.76. The van der Waals surface area contributed by atoms with Crippen LogP contribution in [-0.4, -0.2) is 23.1 Å². The van der Waals surface area contributed by atoms with Crippen LogP contribution in [0.5, 0.6) is 0 Å². The van der Waals surface area contributed by atoms with Crippen LogP contribution in [0, 0.1) is 31.1 Å². The molecule has 1 amide bonds. The van der Waals surface area contributed by atoms with E-state index in [2.05, 4.69) is 9.88 Å². The molecular weight excluding hydrogens is 450 g/mol. The van der Waals surface area contributed by atoms with Crippen molar-refractivity contribution in [3.8, 4) is 6.07 Å². The van der Waals surface area contributed by atoms with Crippen molar-refractivity contribution in [3.63, 3.8) is 0 Å². The molecule has 8 heteroatoms. The van der Waals surface area contributed by atoms with E-state index < -0.39 is 5.91 Å². The summed E-state index contributed by atoms with van der Waals surface area (Å²) in [5.74, 6) is -0.329. The first-order valence-electron chi connectivity index (χ1n) is 11.6. The fourth-order valence-corrected chi connectivity index (χ4v) is 6.54. The van der Waals surface area contributed by atoms with Crippen LogP contribution in [0.4, 0.5) is 0 Å². The highest BCUT2D eigenvalue weighted by atomic mass is 32.2. The van der Waals surface area contributed by atoms with E-state index in [4.69, 9.17) is 9.15 Å². The number of thioether (sulfide) groups is 1. The van der Waals surface area contributed by atoms with Gasteiger partial charge in [-0.3, -0.25) is 9.59 Å². The van der Waals surface area contributed by atoms with Gasteiger partial charge in [-0.15, -0.1) is 11.8 Å². The lowest BCUT2D eigenvalue weighted by molar-refractivity contribution is -0.147. The number of hydrogen-bond donors (Lipinski definition) is 1. The lowest BCUT2D eigenvalue weighted by atomic mass is 9.89. The van der Waals surface area contributed by atoms with Gasteiger partial charge in [-0.1, -0.05) is 0 Å². The number of allylic oxidation sites excluding steroid dienone is 1. The lowest BCUT2D eigenvalue weighted by Crippen LogP contribution is -2.27. The number of furan rings is 1. The average Bonchev–Trinajstić information content (AvgIpc) is 3.53. The van der Waals surface area contributed by atoms with Gasteiger partial charge in [0, 0.05) is 11.4 Å². The summed E-state index contributed by atoms with van der Waals surface area (Å²) in [5, 5.41) is 12.2. The topological polar surface area (TPSA) is 97.3 Å². The van der Waals surface area contributed by atoms with E-state index in [1.807, 2.05) is 32.9 Å². The number of esters is 1. The molecule has 7 nitrogen and oxygen atoms in total. The molecular formula is C26H29N3O4S. The molecule has 3 heterocycles. The number of carbonyl (C=O) groups excluding carboxylic acids is 2. The molecule has 4 rings (SSSR count). The van der Waals surface area contributed by atoms with Crippen LogP contribution in [0.15, 0.2) is 44.9 Å². The highest BCUT2D eigenvalue weighted by molar-refractivity contribution is 8.03. The monoisotopic (exact) mass is 479 g/mol. The standard InChI is InChI=1S/C26H29N3O4S/c1-4-32-26(31)23-21-9-5-6-10-22(21)34-25(23)29-16(2)12-18(17(29)3)13-19(14-27)24(30)28-15-20-8-7-11-33-20/h7-8,11-13,23,25H,4-6,9-10,15H2,1-3H3,(H,28,30)/b19-13+/t23-,25?/m0/s1. The first kappa shape index (κ1) is 24.0. The lowest BCUT2D eigenvalue weighted by Gasteiger charge is -2.25. The minimum Gasteiger partial charge on any atom is -0.467 e. The Morgan fingerprint density at radius 1 is 1.35 bits per heavy atom. The molecule has 0 saturated heterocycles. The number of amides is 1. The van der Waals surface area contributed by atoms with Crippen LogP contribution in [0.2, 0.25) is 0 Å². The number of aryl methyl sites for hydroxylation is 1. The molecule has 0 spiro atoms. The summed E-state index contributed by atoms with van der Waals surface area (Å²) in [5.41, 5.74) is 3.92.